The number of fused-ring (bicyclic) bond motifs is 1. The molecule has 0 heterocycles. The number of nitrogens with zero attached hydrogens (tertiary/aromatic N) is 1. The maximum atomic E-state index is 12.6. The van der Waals surface area contributed by atoms with E-state index in [1.807, 2.05) is 56.3 Å². The average molecular weight is 442 g/mol. The van der Waals surface area contributed by atoms with E-state index >= 15 is 0 Å². The Hall–Kier alpha value is -2.89. The minimum atomic E-state index is -0.767. The van der Waals surface area contributed by atoms with Gasteiger partial charge in [-0.25, -0.2) is 5.43 Å². The average Bonchev–Trinajstić information content (AvgIpc) is 2.73. The smallest absolute Gasteiger partial charge is 0.262 e. The van der Waals surface area contributed by atoms with Crippen LogP contribution in [0.25, 0.3) is 10.8 Å². The predicted molar refractivity (Wildman–Crippen MR) is 122 cm³/mol. The summed E-state index contributed by atoms with van der Waals surface area (Å²) in [7, 11) is 0. The number of hydrogen-bond acceptors (Lipinski definition) is 3. The number of carbonyl (C=O) groups is 2. The normalized spacial score (nSPS) is 12.3. The molecule has 30 heavy (non-hydrogen) atoms. The van der Waals surface area contributed by atoms with Crippen LogP contribution in [0, 0.1) is 5.92 Å². The van der Waals surface area contributed by atoms with E-state index in [0.717, 1.165) is 16.3 Å². The second kappa shape index (κ2) is 9.74. The van der Waals surface area contributed by atoms with Crippen LogP contribution < -0.4 is 10.7 Å². The second-order valence-electron chi connectivity index (χ2n) is 7.13. The van der Waals surface area contributed by atoms with Gasteiger partial charge in [0.05, 0.1) is 16.3 Å². The van der Waals surface area contributed by atoms with Crippen LogP contribution in [0.4, 0.5) is 0 Å². The largest absolute Gasteiger partial charge is 0.340 e. The van der Waals surface area contributed by atoms with Crippen LogP contribution in [0.2, 0.25) is 10.0 Å². The highest BCUT2D eigenvalue weighted by Gasteiger charge is 2.24. The van der Waals surface area contributed by atoms with Crippen molar-refractivity contribution in [2.24, 2.45) is 11.0 Å². The first kappa shape index (κ1) is 21.8. The van der Waals surface area contributed by atoms with Crippen molar-refractivity contribution in [3.8, 4) is 0 Å². The van der Waals surface area contributed by atoms with Crippen molar-refractivity contribution < 1.29 is 9.59 Å². The molecule has 0 saturated carbocycles. The van der Waals surface area contributed by atoms with Crippen molar-refractivity contribution in [1.29, 1.82) is 0 Å². The lowest BCUT2D eigenvalue weighted by Gasteiger charge is -2.20. The van der Waals surface area contributed by atoms with Gasteiger partial charge in [-0.2, -0.15) is 5.10 Å². The molecule has 0 radical (unpaired) electrons. The number of benzene rings is 3. The van der Waals surface area contributed by atoms with Gasteiger partial charge in [0.2, 0.25) is 0 Å². The topological polar surface area (TPSA) is 70.6 Å². The minimum absolute atomic E-state index is 0.149. The Labute approximate surface area is 185 Å². The summed E-state index contributed by atoms with van der Waals surface area (Å²) in [6.45, 7) is 3.68. The van der Waals surface area contributed by atoms with Crippen LogP contribution in [0.3, 0.4) is 0 Å². The number of nitrogens with one attached hydrogen (secondary N) is 2. The van der Waals surface area contributed by atoms with Crippen LogP contribution in [0.15, 0.2) is 65.8 Å². The van der Waals surface area contributed by atoms with Crippen molar-refractivity contribution in [2.75, 3.05) is 0 Å². The van der Waals surface area contributed by atoms with Crippen LogP contribution in [0.5, 0.6) is 0 Å². The number of rotatable bonds is 6. The summed E-state index contributed by atoms with van der Waals surface area (Å²) in [5.74, 6) is -0.972. The van der Waals surface area contributed by atoms with Gasteiger partial charge in [0.1, 0.15) is 6.04 Å². The summed E-state index contributed by atoms with van der Waals surface area (Å²) in [5, 5.41) is 9.56. The Morgan fingerprint density at radius 3 is 2.43 bits per heavy atom. The highest BCUT2D eigenvalue weighted by atomic mass is 35.5. The van der Waals surface area contributed by atoms with E-state index in [0.29, 0.717) is 10.6 Å². The zero-order valence-corrected chi connectivity index (χ0v) is 18.0. The van der Waals surface area contributed by atoms with Crippen LogP contribution in [-0.2, 0) is 4.79 Å². The van der Waals surface area contributed by atoms with Gasteiger partial charge in [-0.3, -0.25) is 9.59 Å². The number of hydrogen-bond donors (Lipinski definition) is 2. The van der Waals surface area contributed by atoms with Crippen LogP contribution in [0.1, 0.15) is 29.8 Å². The van der Waals surface area contributed by atoms with Gasteiger partial charge in [0, 0.05) is 11.1 Å². The molecule has 0 aliphatic heterocycles. The van der Waals surface area contributed by atoms with E-state index in [1.54, 1.807) is 12.3 Å². The summed E-state index contributed by atoms with van der Waals surface area (Å²) >= 11 is 11.9. The molecule has 0 fully saturated rings. The van der Waals surface area contributed by atoms with E-state index in [2.05, 4.69) is 15.8 Å². The van der Waals surface area contributed by atoms with E-state index in [1.165, 1.54) is 12.1 Å². The van der Waals surface area contributed by atoms with Gasteiger partial charge in [-0.1, -0.05) is 79.5 Å². The minimum Gasteiger partial charge on any atom is -0.340 e. The fourth-order valence-electron chi connectivity index (χ4n) is 2.99. The molecule has 1 unspecified atom stereocenters. The van der Waals surface area contributed by atoms with Crippen LogP contribution >= 0.6 is 23.2 Å². The van der Waals surface area contributed by atoms with Crippen molar-refractivity contribution in [3.63, 3.8) is 0 Å². The first-order chi connectivity index (χ1) is 14.4. The molecular weight excluding hydrogens is 421 g/mol. The van der Waals surface area contributed by atoms with E-state index in [9.17, 15) is 9.59 Å². The van der Waals surface area contributed by atoms with Gasteiger partial charge < -0.3 is 5.32 Å². The zero-order chi connectivity index (χ0) is 21.7. The molecular formula is C23H21Cl2N3O2. The molecule has 0 spiro atoms. The molecule has 0 saturated heterocycles. The number of hydrazone groups is 1. The molecule has 5 nitrogen and oxygen atoms in total. The maximum Gasteiger partial charge on any atom is 0.262 e. The molecule has 0 aliphatic carbocycles. The Kier molecular flexibility index (Phi) is 7.08. The van der Waals surface area contributed by atoms with Gasteiger partial charge in [0.15, 0.2) is 0 Å². The SMILES string of the molecule is CC(C)C(NC(=O)c1ccc(Cl)c(Cl)c1)C(=O)N/N=C/c1cccc2ccccc12. The van der Waals surface area contributed by atoms with Crippen molar-refractivity contribution >= 4 is 52.0 Å². The molecule has 2 amide bonds. The Morgan fingerprint density at radius 2 is 1.70 bits per heavy atom. The Morgan fingerprint density at radius 1 is 0.967 bits per heavy atom. The molecule has 154 valence electrons. The molecule has 2 N–H and O–H groups in total. The predicted octanol–water partition coefficient (Wildman–Crippen LogP) is 5.05. The lowest BCUT2D eigenvalue weighted by atomic mass is 10.0. The fraction of sp³-hybridized carbons (Fsp3) is 0.174. The third-order valence-electron chi connectivity index (χ3n) is 4.62. The van der Waals surface area contributed by atoms with Crippen molar-refractivity contribution in [1.82, 2.24) is 10.7 Å². The second-order valence-corrected chi connectivity index (χ2v) is 7.94. The quantitative estimate of drug-likeness (QED) is 0.414. The third kappa shape index (κ3) is 5.17. The molecule has 3 aromatic carbocycles. The van der Waals surface area contributed by atoms with Crippen molar-refractivity contribution in [2.45, 2.75) is 19.9 Å². The molecule has 1 atom stereocenters. The first-order valence-corrected chi connectivity index (χ1v) is 10.2. The monoisotopic (exact) mass is 441 g/mol. The van der Waals surface area contributed by atoms with E-state index in [-0.39, 0.29) is 10.9 Å². The molecule has 0 bridgehead atoms. The summed E-state index contributed by atoms with van der Waals surface area (Å²) in [4.78, 5) is 25.2. The first-order valence-electron chi connectivity index (χ1n) is 9.43. The van der Waals surface area contributed by atoms with Gasteiger partial charge in [-0.15, -0.1) is 0 Å². The molecule has 3 rings (SSSR count). The van der Waals surface area contributed by atoms with Crippen LogP contribution in [-0.4, -0.2) is 24.1 Å². The highest BCUT2D eigenvalue weighted by molar-refractivity contribution is 6.42. The maximum absolute atomic E-state index is 12.6. The zero-order valence-electron chi connectivity index (χ0n) is 16.5. The highest BCUT2D eigenvalue weighted by Crippen LogP contribution is 2.22. The fourth-order valence-corrected chi connectivity index (χ4v) is 3.29. The number of carbonyl (C=O) groups excluding carboxylic acids is 2. The Balaban J connectivity index is 1.70. The van der Waals surface area contributed by atoms with Gasteiger partial charge >= 0.3 is 0 Å². The molecule has 0 aliphatic rings. The molecule has 7 heteroatoms. The van der Waals surface area contributed by atoms with Gasteiger partial charge in [0.25, 0.3) is 11.8 Å². The summed E-state index contributed by atoms with van der Waals surface area (Å²) in [5.41, 5.74) is 3.73. The number of amides is 2. The lowest BCUT2D eigenvalue weighted by Crippen LogP contribution is -2.48. The van der Waals surface area contributed by atoms with E-state index in [4.69, 9.17) is 23.2 Å². The summed E-state index contributed by atoms with van der Waals surface area (Å²) in [6, 6.07) is 17.6. The summed E-state index contributed by atoms with van der Waals surface area (Å²) < 4.78 is 0. The number of halogens is 2. The van der Waals surface area contributed by atoms with Gasteiger partial charge in [-0.05, 0) is 34.9 Å². The summed E-state index contributed by atoms with van der Waals surface area (Å²) in [6.07, 6.45) is 1.60. The standard InChI is InChI=1S/C23H21Cl2N3O2/c1-14(2)21(27-22(29)16-10-11-19(24)20(25)12-16)23(30)28-26-13-17-8-5-7-15-6-3-4-9-18(15)17/h3-14,21H,1-2H3,(H,27,29)(H,28,30)/b26-13+. The molecule has 0 aromatic heterocycles. The Bertz CT molecular complexity index is 1110. The lowest BCUT2D eigenvalue weighted by molar-refractivity contribution is -0.123. The molecule has 3 aromatic rings. The van der Waals surface area contributed by atoms with E-state index < -0.39 is 17.9 Å². The third-order valence-corrected chi connectivity index (χ3v) is 5.36. The van der Waals surface area contributed by atoms with Crippen molar-refractivity contribution in [3.05, 3.63) is 81.8 Å².